The van der Waals surface area contributed by atoms with Crippen molar-refractivity contribution in [1.29, 1.82) is 0 Å². The summed E-state index contributed by atoms with van der Waals surface area (Å²) in [6.45, 7) is 7.75. The van der Waals surface area contributed by atoms with Crippen LogP contribution in [0.5, 0.6) is 0 Å². The summed E-state index contributed by atoms with van der Waals surface area (Å²) in [5, 5.41) is 11.3. The lowest BCUT2D eigenvalue weighted by Crippen LogP contribution is -2.81. The molecule has 8 heteroatoms. The highest BCUT2D eigenvalue weighted by Gasteiger charge is 2.17. The van der Waals surface area contributed by atoms with E-state index in [9.17, 15) is 4.79 Å². The fourth-order valence-electron chi connectivity index (χ4n) is 3.42. The first-order valence-electron chi connectivity index (χ1n) is 9.68. The Balaban J connectivity index is 1.52. The van der Waals surface area contributed by atoms with Gasteiger partial charge in [-0.2, -0.15) is 0 Å². The molecule has 28 heavy (non-hydrogen) atoms. The largest absolute Gasteiger partial charge is 0.334 e. The molecule has 0 spiro atoms. The van der Waals surface area contributed by atoms with Gasteiger partial charge in [-0.05, 0) is 37.0 Å². The first kappa shape index (κ1) is 18.8. The van der Waals surface area contributed by atoms with Crippen molar-refractivity contribution in [3.05, 3.63) is 56.8 Å². The Hall–Kier alpha value is -2.58. The molecule has 3 N–H and O–H groups in total. The van der Waals surface area contributed by atoms with Gasteiger partial charge in [0.05, 0.1) is 5.39 Å². The molecule has 0 saturated carbocycles. The fraction of sp³-hybridized carbons (Fsp3) is 0.400. The average Bonchev–Trinajstić information content (AvgIpc) is 3.23. The Bertz CT molecular complexity index is 1170. The smallest absolute Gasteiger partial charge is 0.260 e. The number of aromatic amines is 1. The molecule has 1 atom stereocenters. The number of thiophene rings is 1. The molecule has 0 aliphatic rings. The predicted octanol–water partition coefficient (Wildman–Crippen LogP) is 2.19. The van der Waals surface area contributed by atoms with Crippen LogP contribution in [0.2, 0.25) is 0 Å². The zero-order chi connectivity index (χ0) is 19.7. The highest BCUT2D eigenvalue weighted by Crippen LogP contribution is 2.29. The molecule has 0 saturated heterocycles. The molecule has 4 heterocycles. The average molecular weight is 398 g/mol. The Morgan fingerprint density at radius 3 is 2.96 bits per heavy atom. The van der Waals surface area contributed by atoms with Crippen molar-refractivity contribution >= 4 is 27.2 Å². The minimum absolute atomic E-state index is 0.0241. The molecule has 0 fully saturated rings. The zero-order valence-corrected chi connectivity index (χ0v) is 17.2. The van der Waals surface area contributed by atoms with Crippen LogP contribution in [-0.2, 0) is 19.5 Å². The van der Waals surface area contributed by atoms with Crippen LogP contribution in [0.15, 0.2) is 29.2 Å². The Morgan fingerprint density at radius 2 is 2.14 bits per heavy atom. The summed E-state index contributed by atoms with van der Waals surface area (Å²) in [5.41, 5.74) is 1.97. The van der Waals surface area contributed by atoms with Crippen molar-refractivity contribution in [1.82, 2.24) is 24.6 Å². The second-order valence-electron chi connectivity index (χ2n) is 7.29. The van der Waals surface area contributed by atoms with Gasteiger partial charge in [-0.25, -0.2) is 4.98 Å². The number of nitrogens with two attached hydrogens (primary N) is 1. The molecule has 0 unspecified atom stereocenters. The van der Waals surface area contributed by atoms with Gasteiger partial charge in [0.2, 0.25) is 0 Å². The lowest BCUT2D eigenvalue weighted by molar-refractivity contribution is -0.688. The van der Waals surface area contributed by atoms with Crippen LogP contribution in [0.3, 0.4) is 0 Å². The van der Waals surface area contributed by atoms with E-state index in [0.29, 0.717) is 24.8 Å². The normalized spacial score (nSPS) is 12.8. The van der Waals surface area contributed by atoms with Crippen LogP contribution in [0, 0.1) is 12.8 Å². The fourth-order valence-corrected chi connectivity index (χ4v) is 4.50. The van der Waals surface area contributed by atoms with Crippen molar-refractivity contribution in [3.63, 3.8) is 0 Å². The molecule has 7 nitrogen and oxygen atoms in total. The van der Waals surface area contributed by atoms with Gasteiger partial charge in [0.25, 0.3) is 5.56 Å². The molecule has 4 aromatic heterocycles. The molecule has 0 bridgehead atoms. The number of hydrogen-bond donors (Lipinski definition) is 2. The van der Waals surface area contributed by atoms with E-state index in [4.69, 9.17) is 4.98 Å². The van der Waals surface area contributed by atoms with Gasteiger partial charge in [-0.15, -0.1) is 21.5 Å². The number of nitrogens with zero attached hydrogens (tertiary/aromatic N) is 4. The molecule has 0 amide bonds. The van der Waals surface area contributed by atoms with E-state index >= 15 is 0 Å². The highest BCUT2D eigenvalue weighted by atomic mass is 32.1. The van der Waals surface area contributed by atoms with Crippen molar-refractivity contribution < 1.29 is 5.32 Å². The molecule has 4 rings (SSSR count). The molecule has 0 aliphatic carbocycles. The number of nitrogens with one attached hydrogen (secondary N) is 1. The topological polar surface area (TPSA) is 92.5 Å². The lowest BCUT2D eigenvalue weighted by atomic mass is 9.98. The van der Waals surface area contributed by atoms with E-state index < -0.39 is 0 Å². The maximum Gasteiger partial charge on any atom is 0.260 e. The minimum atomic E-state index is -0.0241. The number of fused-ring (bicyclic) bond motifs is 2. The van der Waals surface area contributed by atoms with Crippen LogP contribution in [-0.4, -0.2) is 24.6 Å². The number of aryl methyl sites for hydroxylation is 1. The third-order valence-electron chi connectivity index (χ3n) is 5.21. The van der Waals surface area contributed by atoms with Gasteiger partial charge >= 0.3 is 0 Å². The first-order chi connectivity index (χ1) is 13.6. The first-order valence-corrected chi connectivity index (χ1v) is 10.5. The lowest BCUT2D eigenvalue weighted by Gasteiger charge is -2.08. The molecule has 0 aromatic carbocycles. The number of rotatable bonds is 7. The van der Waals surface area contributed by atoms with Gasteiger partial charge in [-0.1, -0.05) is 26.3 Å². The predicted molar refractivity (Wildman–Crippen MR) is 110 cm³/mol. The van der Waals surface area contributed by atoms with Crippen molar-refractivity contribution in [2.24, 2.45) is 5.92 Å². The maximum absolute atomic E-state index is 12.7. The van der Waals surface area contributed by atoms with Gasteiger partial charge < -0.3 is 10.3 Å². The van der Waals surface area contributed by atoms with Crippen molar-refractivity contribution in [2.45, 2.75) is 46.7 Å². The van der Waals surface area contributed by atoms with Gasteiger partial charge in [0.15, 0.2) is 17.3 Å². The van der Waals surface area contributed by atoms with E-state index in [1.807, 2.05) is 28.8 Å². The second kappa shape index (κ2) is 7.81. The van der Waals surface area contributed by atoms with Gasteiger partial charge in [0, 0.05) is 11.1 Å². The number of hydrogen-bond acceptors (Lipinski definition) is 5. The molecule has 0 radical (unpaired) electrons. The number of pyridine rings is 1. The van der Waals surface area contributed by atoms with Crippen molar-refractivity contribution in [3.8, 4) is 0 Å². The van der Waals surface area contributed by atoms with Gasteiger partial charge in [-0.3, -0.25) is 9.20 Å². The summed E-state index contributed by atoms with van der Waals surface area (Å²) < 4.78 is 1.97. The van der Waals surface area contributed by atoms with Gasteiger partial charge in [0.1, 0.15) is 17.9 Å². The molecule has 4 aromatic rings. The zero-order valence-electron chi connectivity index (χ0n) is 16.4. The Morgan fingerprint density at radius 1 is 1.29 bits per heavy atom. The third kappa shape index (κ3) is 3.57. The Kier molecular flexibility index (Phi) is 5.23. The third-order valence-corrected chi connectivity index (χ3v) is 6.25. The Labute approximate surface area is 166 Å². The SMILES string of the molecule is CC[C@@H](C)Cc1c(C)sc2nc(C[NH2+]Cc3nnc4ccccn34)[nH]c(=O)c12. The minimum Gasteiger partial charge on any atom is -0.334 e. The maximum atomic E-state index is 12.7. The monoisotopic (exact) mass is 397 g/mol. The molecular weight excluding hydrogens is 372 g/mol. The number of H-pyrrole nitrogens is 1. The van der Waals surface area contributed by atoms with E-state index in [-0.39, 0.29) is 5.56 Å². The summed E-state index contributed by atoms with van der Waals surface area (Å²) in [4.78, 5) is 22.5. The van der Waals surface area contributed by atoms with Crippen LogP contribution in [0.1, 0.15) is 42.4 Å². The van der Waals surface area contributed by atoms with E-state index in [2.05, 4.69) is 41.3 Å². The van der Waals surface area contributed by atoms with Crippen LogP contribution >= 0.6 is 11.3 Å². The number of quaternary nitrogens is 1. The van der Waals surface area contributed by atoms with E-state index in [1.54, 1.807) is 11.3 Å². The molecular formula is C20H25N6OS+. The highest BCUT2D eigenvalue weighted by molar-refractivity contribution is 7.18. The van der Waals surface area contributed by atoms with Crippen molar-refractivity contribution in [2.75, 3.05) is 0 Å². The summed E-state index contributed by atoms with van der Waals surface area (Å²) in [6, 6.07) is 5.84. The van der Waals surface area contributed by atoms with Crippen LogP contribution < -0.4 is 10.9 Å². The van der Waals surface area contributed by atoms with E-state index in [1.165, 1.54) is 4.88 Å². The quantitative estimate of drug-likeness (QED) is 0.500. The summed E-state index contributed by atoms with van der Waals surface area (Å²) >= 11 is 1.62. The summed E-state index contributed by atoms with van der Waals surface area (Å²) in [7, 11) is 0. The summed E-state index contributed by atoms with van der Waals surface area (Å²) in [5.74, 6) is 2.13. The second-order valence-corrected chi connectivity index (χ2v) is 8.49. The van der Waals surface area contributed by atoms with Crippen LogP contribution in [0.4, 0.5) is 0 Å². The molecule has 146 valence electrons. The van der Waals surface area contributed by atoms with Crippen LogP contribution in [0.25, 0.3) is 15.9 Å². The summed E-state index contributed by atoms with van der Waals surface area (Å²) in [6.07, 6.45) is 3.99. The molecule has 0 aliphatic heterocycles. The standard InChI is InChI=1S/C20H24N6OS/c1-4-12(2)9-14-13(3)28-20-18(14)19(27)22-15(23-20)10-21-11-17-25-24-16-7-5-6-8-26(16)17/h5-8,12,21H,4,9-11H2,1-3H3,(H,22,23,27)/p+1/t12-/m1/s1. The number of aromatic nitrogens is 5. The van der Waals surface area contributed by atoms with E-state index in [0.717, 1.165) is 40.1 Å².